The molecule has 0 aromatic carbocycles. The number of aryl methyl sites for hydroxylation is 1. The zero-order valence-corrected chi connectivity index (χ0v) is 9.04. The Morgan fingerprint density at radius 3 is 2.64 bits per heavy atom. The van der Waals surface area contributed by atoms with Crippen LogP contribution in [-0.2, 0) is 6.42 Å². The molecule has 0 spiro atoms. The summed E-state index contributed by atoms with van der Waals surface area (Å²) in [5, 5.41) is 0. The maximum Gasteiger partial charge on any atom is 0.419 e. The molecule has 1 aromatic rings. The minimum atomic E-state index is -0.260. The van der Waals surface area contributed by atoms with Crippen LogP contribution in [0.5, 0.6) is 0 Å². The zero-order chi connectivity index (χ0) is 10.7. The summed E-state index contributed by atoms with van der Waals surface area (Å²) in [6.07, 6.45) is 1.69. The van der Waals surface area contributed by atoms with E-state index >= 15 is 0 Å². The largest absolute Gasteiger partial charge is 0.419 e. The molecule has 0 aliphatic carbocycles. The second-order valence-corrected chi connectivity index (χ2v) is 3.73. The molecular formula is C10H18N2O2. The van der Waals surface area contributed by atoms with Crippen molar-refractivity contribution in [2.45, 2.75) is 39.7 Å². The summed E-state index contributed by atoms with van der Waals surface area (Å²) < 4.78 is 6.77. The fourth-order valence-corrected chi connectivity index (χ4v) is 1.61. The Morgan fingerprint density at radius 1 is 1.50 bits per heavy atom. The summed E-state index contributed by atoms with van der Waals surface area (Å²) in [5.74, 6) is 0.460. The van der Waals surface area contributed by atoms with E-state index in [0.717, 1.165) is 24.3 Å². The van der Waals surface area contributed by atoms with Gasteiger partial charge in [-0.05, 0) is 40.2 Å². The second-order valence-electron chi connectivity index (χ2n) is 3.73. The summed E-state index contributed by atoms with van der Waals surface area (Å²) >= 11 is 0. The van der Waals surface area contributed by atoms with Gasteiger partial charge in [0.15, 0.2) is 0 Å². The lowest BCUT2D eigenvalue weighted by molar-refractivity contribution is 0.441. The van der Waals surface area contributed by atoms with Gasteiger partial charge in [0.1, 0.15) is 5.76 Å². The molecule has 0 fully saturated rings. The van der Waals surface area contributed by atoms with Crippen molar-refractivity contribution in [3.05, 3.63) is 22.0 Å². The third-order valence-electron chi connectivity index (χ3n) is 2.27. The van der Waals surface area contributed by atoms with Crippen molar-refractivity contribution in [2.75, 3.05) is 6.54 Å². The van der Waals surface area contributed by atoms with Gasteiger partial charge in [-0.2, -0.15) is 0 Å². The number of oxazole rings is 1. The molecule has 2 N–H and O–H groups in total. The van der Waals surface area contributed by atoms with Crippen molar-refractivity contribution in [3.63, 3.8) is 0 Å². The van der Waals surface area contributed by atoms with Crippen LogP contribution < -0.4 is 11.5 Å². The molecular weight excluding hydrogens is 180 g/mol. The SMILES string of the molecule is Cc1oc(=O)n(C(C)C)c1CCCN. The van der Waals surface area contributed by atoms with E-state index in [1.807, 2.05) is 20.8 Å². The van der Waals surface area contributed by atoms with Crippen LogP contribution >= 0.6 is 0 Å². The minimum Gasteiger partial charge on any atom is -0.413 e. The van der Waals surface area contributed by atoms with E-state index in [2.05, 4.69) is 0 Å². The van der Waals surface area contributed by atoms with Gasteiger partial charge >= 0.3 is 5.76 Å². The van der Waals surface area contributed by atoms with Crippen molar-refractivity contribution < 1.29 is 4.42 Å². The quantitative estimate of drug-likeness (QED) is 0.791. The molecule has 1 rings (SSSR count). The standard InChI is InChI=1S/C10H18N2O2/c1-7(2)12-9(5-4-6-11)8(3)14-10(12)13/h7H,4-6,11H2,1-3H3. The number of hydrogen-bond donors (Lipinski definition) is 1. The van der Waals surface area contributed by atoms with Crippen LogP contribution in [0.25, 0.3) is 0 Å². The number of nitrogens with zero attached hydrogens (tertiary/aromatic N) is 1. The van der Waals surface area contributed by atoms with Crippen molar-refractivity contribution in [2.24, 2.45) is 5.73 Å². The van der Waals surface area contributed by atoms with Gasteiger partial charge in [0, 0.05) is 6.04 Å². The first-order valence-electron chi connectivity index (χ1n) is 4.98. The smallest absolute Gasteiger partial charge is 0.413 e. The predicted octanol–water partition coefficient (Wildman–Crippen LogP) is 1.22. The first-order valence-corrected chi connectivity index (χ1v) is 4.98. The van der Waals surface area contributed by atoms with Crippen LogP contribution in [0.1, 0.15) is 37.8 Å². The van der Waals surface area contributed by atoms with Crippen LogP contribution in [0.15, 0.2) is 9.21 Å². The molecule has 4 heteroatoms. The maximum absolute atomic E-state index is 11.4. The molecule has 0 aliphatic rings. The number of nitrogens with two attached hydrogens (primary N) is 1. The van der Waals surface area contributed by atoms with E-state index in [1.54, 1.807) is 4.57 Å². The van der Waals surface area contributed by atoms with Gasteiger partial charge in [0.2, 0.25) is 0 Å². The molecule has 0 aliphatic heterocycles. The summed E-state index contributed by atoms with van der Waals surface area (Å²) in [4.78, 5) is 11.4. The van der Waals surface area contributed by atoms with E-state index in [9.17, 15) is 4.79 Å². The Labute approximate surface area is 83.7 Å². The third-order valence-corrected chi connectivity index (χ3v) is 2.27. The molecule has 0 amide bonds. The molecule has 0 saturated carbocycles. The van der Waals surface area contributed by atoms with Crippen LogP contribution in [0.4, 0.5) is 0 Å². The fourth-order valence-electron chi connectivity index (χ4n) is 1.61. The summed E-state index contributed by atoms with van der Waals surface area (Å²) in [6.45, 7) is 6.41. The van der Waals surface area contributed by atoms with Crippen molar-refractivity contribution in [3.8, 4) is 0 Å². The van der Waals surface area contributed by atoms with Crippen LogP contribution in [-0.4, -0.2) is 11.1 Å². The highest BCUT2D eigenvalue weighted by Crippen LogP contribution is 2.13. The molecule has 14 heavy (non-hydrogen) atoms. The van der Waals surface area contributed by atoms with Crippen LogP contribution in [0.3, 0.4) is 0 Å². The lowest BCUT2D eigenvalue weighted by atomic mass is 10.2. The molecule has 4 nitrogen and oxygen atoms in total. The van der Waals surface area contributed by atoms with E-state index in [4.69, 9.17) is 10.2 Å². The Bertz CT molecular complexity index is 349. The van der Waals surface area contributed by atoms with E-state index < -0.39 is 0 Å². The summed E-state index contributed by atoms with van der Waals surface area (Å²) in [6, 6.07) is 0.146. The Balaban J connectivity index is 3.05. The number of rotatable bonds is 4. The monoisotopic (exact) mass is 198 g/mol. The molecule has 80 valence electrons. The topological polar surface area (TPSA) is 61.2 Å². The molecule has 1 aromatic heterocycles. The molecule has 0 atom stereocenters. The van der Waals surface area contributed by atoms with Gasteiger partial charge in [-0.3, -0.25) is 4.57 Å². The molecule has 0 radical (unpaired) electrons. The average molecular weight is 198 g/mol. The lowest BCUT2D eigenvalue weighted by Crippen LogP contribution is -2.19. The highest BCUT2D eigenvalue weighted by atomic mass is 16.4. The first-order chi connectivity index (χ1) is 6.57. The van der Waals surface area contributed by atoms with E-state index in [0.29, 0.717) is 6.54 Å². The summed E-state index contributed by atoms with van der Waals surface area (Å²) in [7, 11) is 0. The Hall–Kier alpha value is -1.03. The molecule has 0 unspecified atom stereocenters. The second kappa shape index (κ2) is 4.46. The normalized spacial score (nSPS) is 11.2. The molecule has 1 heterocycles. The summed E-state index contributed by atoms with van der Waals surface area (Å²) in [5.41, 5.74) is 6.42. The Morgan fingerprint density at radius 2 is 2.14 bits per heavy atom. The Kier molecular flexibility index (Phi) is 3.52. The number of hydrogen-bond acceptors (Lipinski definition) is 3. The predicted molar refractivity (Wildman–Crippen MR) is 55.5 cm³/mol. The highest BCUT2D eigenvalue weighted by Gasteiger charge is 2.14. The van der Waals surface area contributed by atoms with Crippen LogP contribution in [0.2, 0.25) is 0 Å². The van der Waals surface area contributed by atoms with Crippen molar-refractivity contribution in [1.29, 1.82) is 0 Å². The average Bonchev–Trinajstić information content (AvgIpc) is 2.37. The highest BCUT2D eigenvalue weighted by molar-refractivity contribution is 5.08. The van der Waals surface area contributed by atoms with Gasteiger partial charge in [-0.1, -0.05) is 0 Å². The first kappa shape index (κ1) is 11.0. The maximum atomic E-state index is 11.4. The molecule has 0 bridgehead atoms. The lowest BCUT2D eigenvalue weighted by Gasteiger charge is -2.09. The zero-order valence-electron chi connectivity index (χ0n) is 9.04. The van der Waals surface area contributed by atoms with Gasteiger partial charge in [-0.25, -0.2) is 4.79 Å². The van der Waals surface area contributed by atoms with Gasteiger partial charge in [0.05, 0.1) is 5.69 Å². The van der Waals surface area contributed by atoms with Crippen LogP contribution in [0, 0.1) is 6.92 Å². The van der Waals surface area contributed by atoms with Gasteiger partial charge in [-0.15, -0.1) is 0 Å². The van der Waals surface area contributed by atoms with E-state index in [1.165, 1.54) is 0 Å². The number of aromatic nitrogens is 1. The van der Waals surface area contributed by atoms with Crippen molar-refractivity contribution in [1.82, 2.24) is 4.57 Å². The minimum absolute atomic E-state index is 0.146. The molecule has 0 saturated heterocycles. The fraction of sp³-hybridized carbons (Fsp3) is 0.700. The van der Waals surface area contributed by atoms with Gasteiger partial charge in [0.25, 0.3) is 0 Å². The van der Waals surface area contributed by atoms with E-state index in [-0.39, 0.29) is 11.8 Å². The van der Waals surface area contributed by atoms with Gasteiger partial charge < -0.3 is 10.2 Å². The van der Waals surface area contributed by atoms with Crippen molar-refractivity contribution >= 4 is 0 Å². The third kappa shape index (κ3) is 2.07.